The molecule has 0 aliphatic carbocycles. The molecule has 0 aliphatic rings. The first-order valence-electron chi connectivity index (χ1n) is 6.62. The van der Waals surface area contributed by atoms with Gasteiger partial charge in [0.25, 0.3) is 0 Å². The molecule has 0 aliphatic heterocycles. The summed E-state index contributed by atoms with van der Waals surface area (Å²) in [6.07, 6.45) is 0. The summed E-state index contributed by atoms with van der Waals surface area (Å²) >= 11 is 1.75. The number of nitrogens with zero attached hydrogens (tertiary/aromatic N) is 1. The minimum Gasteiger partial charge on any atom is -0.379 e. The Hall–Kier alpha value is -1.35. The van der Waals surface area contributed by atoms with E-state index >= 15 is 0 Å². The van der Waals surface area contributed by atoms with Crippen LogP contribution in [0.15, 0.2) is 23.6 Å². The molecule has 2 rings (SSSR count). The molecule has 0 saturated carbocycles. The van der Waals surface area contributed by atoms with Crippen molar-refractivity contribution in [2.45, 2.75) is 46.6 Å². The normalized spacial score (nSPS) is 11.6. The van der Waals surface area contributed by atoms with Gasteiger partial charge in [-0.15, -0.1) is 11.3 Å². The Morgan fingerprint density at radius 2 is 1.95 bits per heavy atom. The molecule has 2 nitrogen and oxygen atoms in total. The number of aryl methyl sites for hydroxylation is 2. The zero-order valence-corrected chi connectivity index (χ0v) is 13.2. The summed E-state index contributed by atoms with van der Waals surface area (Å²) in [5.41, 5.74) is 5.03. The largest absolute Gasteiger partial charge is 0.379 e. The molecule has 0 amide bonds. The van der Waals surface area contributed by atoms with E-state index in [4.69, 9.17) is 4.98 Å². The van der Waals surface area contributed by atoms with Gasteiger partial charge in [-0.1, -0.05) is 38.5 Å². The summed E-state index contributed by atoms with van der Waals surface area (Å²) in [7, 11) is 0. The molecule has 2 aromatic rings. The summed E-state index contributed by atoms with van der Waals surface area (Å²) in [4.78, 5) is 4.70. The molecule has 0 radical (unpaired) electrons. The molecule has 1 aromatic heterocycles. The van der Waals surface area contributed by atoms with E-state index < -0.39 is 0 Å². The van der Waals surface area contributed by atoms with E-state index in [9.17, 15) is 0 Å². The number of aromatic nitrogens is 1. The molecule has 1 N–H and O–H groups in total. The maximum atomic E-state index is 4.70. The van der Waals surface area contributed by atoms with E-state index in [0.717, 1.165) is 12.2 Å². The molecule has 3 heteroatoms. The highest BCUT2D eigenvalue weighted by molar-refractivity contribution is 7.09. The van der Waals surface area contributed by atoms with Crippen molar-refractivity contribution in [1.82, 2.24) is 4.98 Å². The molecule has 1 aromatic carbocycles. The number of nitrogens with one attached hydrogen (secondary N) is 1. The summed E-state index contributed by atoms with van der Waals surface area (Å²) in [6.45, 7) is 11.6. The molecule has 0 bridgehead atoms. The zero-order valence-electron chi connectivity index (χ0n) is 12.4. The van der Waals surface area contributed by atoms with Gasteiger partial charge in [-0.05, 0) is 25.5 Å². The van der Waals surface area contributed by atoms with Crippen LogP contribution in [-0.2, 0) is 12.0 Å². The quantitative estimate of drug-likeness (QED) is 0.879. The first kappa shape index (κ1) is 14.1. The summed E-state index contributed by atoms with van der Waals surface area (Å²) in [6, 6.07) is 6.47. The molecule has 0 unspecified atom stereocenters. The van der Waals surface area contributed by atoms with Crippen LogP contribution in [0, 0.1) is 13.8 Å². The van der Waals surface area contributed by atoms with Gasteiger partial charge in [0.15, 0.2) is 0 Å². The number of anilines is 1. The number of thiazole rings is 1. The van der Waals surface area contributed by atoms with Crippen LogP contribution >= 0.6 is 11.3 Å². The molecule has 1 heterocycles. The minimum absolute atomic E-state index is 0.142. The second-order valence-electron chi connectivity index (χ2n) is 6.07. The van der Waals surface area contributed by atoms with Gasteiger partial charge in [0.1, 0.15) is 0 Å². The van der Waals surface area contributed by atoms with Crippen molar-refractivity contribution in [3.05, 3.63) is 45.4 Å². The molecular formula is C16H22N2S. The third kappa shape index (κ3) is 3.57. The van der Waals surface area contributed by atoms with Gasteiger partial charge in [0.05, 0.1) is 17.2 Å². The van der Waals surface area contributed by atoms with Crippen LogP contribution in [0.3, 0.4) is 0 Å². The number of hydrogen-bond acceptors (Lipinski definition) is 3. The fraction of sp³-hybridized carbons (Fsp3) is 0.438. The fourth-order valence-corrected chi connectivity index (χ4v) is 2.84. The van der Waals surface area contributed by atoms with E-state index in [-0.39, 0.29) is 5.41 Å². The molecule has 102 valence electrons. The SMILES string of the molecule is Cc1ccc(NCc2csc(C(C)(C)C)n2)c(C)c1. The van der Waals surface area contributed by atoms with Crippen molar-refractivity contribution < 1.29 is 0 Å². The van der Waals surface area contributed by atoms with Crippen molar-refractivity contribution in [3.63, 3.8) is 0 Å². The Bertz CT molecular complexity index is 564. The van der Waals surface area contributed by atoms with Gasteiger partial charge in [-0.25, -0.2) is 4.98 Å². The summed E-state index contributed by atoms with van der Waals surface area (Å²) < 4.78 is 0. The van der Waals surface area contributed by atoms with Crippen LogP contribution in [0.25, 0.3) is 0 Å². The maximum absolute atomic E-state index is 4.70. The van der Waals surface area contributed by atoms with Gasteiger partial charge in [0, 0.05) is 16.5 Å². The van der Waals surface area contributed by atoms with E-state index in [0.29, 0.717) is 0 Å². The average molecular weight is 274 g/mol. The van der Waals surface area contributed by atoms with E-state index in [1.165, 1.54) is 21.8 Å². The van der Waals surface area contributed by atoms with E-state index in [2.05, 4.69) is 63.5 Å². The fourth-order valence-electron chi connectivity index (χ4n) is 1.93. The first-order valence-corrected chi connectivity index (χ1v) is 7.50. The third-order valence-electron chi connectivity index (χ3n) is 3.04. The predicted molar refractivity (Wildman–Crippen MR) is 84.1 cm³/mol. The lowest BCUT2D eigenvalue weighted by molar-refractivity contribution is 0.583. The van der Waals surface area contributed by atoms with Crippen molar-refractivity contribution in [2.24, 2.45) is 0 Å². The lowest BCUT2D eigenvalue weighted by Gasteiger charge is -2.13. The summed E-state index contributed by atoms with van der Waals surface area (Å²) in [5.74, 6) is 0. The zero-order chi connectivity index (χ0) is 14.0. The molecule has 0 saturated heterocycles. The van der Waals surface area contributed by atoms with Crippen molar-refractivity contribution in [3.8, 4) is 0 Å². The Balaban J connectivity index is 2.04. The minimum atomic E-state index is 0.142. The Labute approximate surface area is 119 Å². The number of benzene rings is 1. The van der Waals surface area contributed by atoms with Crippen LogP contribution < -0.4 is 5.32 Å². The van der Waals surface area contributed by atoms with Gasteiger partial charge >= 0.3 is 0 Å². The van der Waals surface area contributed by atoms with E-state index in [1.807, 2.05) is 0 Å². The third-order valence-corrected chi connectivity index (χ3v) is 4.35. The van der Waals surface area contributed by atoms with Crippen LogP contribution in [-0.4, -0.2) is 4.98 Å². The Morgan fingerprint density at radius 1 is 1.21 bits per heavy atom. The number of rotatable bonds is 3. The average Bonchev–Trinajstić information content (AvgIpc) is 2.76. The van der Waals surface area contributed by atoms with Crippen molar-refractivity contribution in [1.29, 1.82) is 0 Å². The van der Waals surface area contributed by atoms with Crippen LogP contribution in [0.5, 0.6) is 0 Å². The number of hydrogen-bond donors (Lipinski definition) is 1. The maximum Gasteiger partial charge on any atom is 0.0982 e. The monoisotopic (exact) mass is 274 g/mol. The molecule has 19 heavy (non-hydrogen) atoms. The lowest BCUT2D eigenvalue weighted by Crippen LogP contribution is -2.11. The highest BCUT2D eigenvalue weighted by Crippen LogP contribution is 2.26. The van der Waals surface area contributed by atoms with Gasteiger partial charge < -0.3 is 5.32 Å². The Kier molecular flexibility index (Phi) is 3.95. The van der Waals surface area contributed by atoms with E-state index in [1.54, 1.807) is 11.3 Å². The van der Waals surface area contributed by atoms with Crippen LogP contribution in [0.1, 0.15) is 42.6 Å². The van der Waals surface area contributed by atoms with Crippen molar-refractivity contribution in [2.75, 3.05) is 5.32 Å². The first-order chi connectivity index (χ1) is 8.86. The van der Waals surface area contributed by atoms with Gasteiger partial charge in [-0.3, -0.25) is 0 Å². The van der Waals surface area contributed by atoms with Crippen molar-refractivity contribution >= 4 is 17.0 Å². The smallest absolute Gasteiger partial charge is 0.0982 e. The standard InChI is InChI=1S/C16H22N2S/c1-11-6-7-14(12(2)8-11)17-9-13-10-19-15(18-13)16(3,4)5/h6-8,10,17H,9H2,1-5H3. The molecular weight excluding hydrogens is 252 g/mol. The second kappa shape index (κ2) is 5.33. The lowest BCUT2D eigenvalue weighted by atomic mass is 9.98. The Morgan fingerprint density at radius 3 is 2.53 bits per heavy atom. The van der Waals surface area contributed by atoms with Crippen LogP contribution in [0.4, 0.5) is 5.69 Å². The summed E-state index contributed by atoms with van der Waals surface area (Å²) in [5, 5.41) is 6.81. The highest BCUT2D eigenvalue weighted by atomic mass is 32.1. The van der Waals surface area contributed by atoms with Gasteiger partial charge in [-0.2, -0.15) is 0 Å². The molecule has 0 spiro atoms. The highest BCUT2D eigenvalue weighted by Gasteiger charge is 2.17. The second-order valence-corrected chi connectivity index (χ2v) is 6.92. The topological polar surface area (TPSA) is 24.9 Å². The molecule has 0 fully saturated rings. The predicted octanol–water partition coefficient (Wildman–Crippen LogP) is 4.67. The molecule has 0 atom stereocenters. The van der Waals surface area contributed by atoms with Gasteiger partial charge in [0.2, 0.25) is 0 Å². The van der Waals surface area contributed by atoms with Crippen LogP contribution in [0.2, 0.25) is 0 Å².